The van der Waals surface area contributed by atoms with Crippen LogP contribution in [-0.4, -0.2) is 39.7 Å². The molecule has 1 aromatic heterocycles. The van der Waals surface area contributed by atoms with Gasteiger partial charge in [-0.3, -0.25) is 14.5 Å². The van der Waals surface area contributed by atoms with E-state index in [9.17, 15) is 14.7 Å². The minimum Gasteiger partial charge on any atom is -0.507 e. The first-order chi connectivity index (χ1) is 21.3. The Morgan fingerprint density at radius 2 is 1.95 bits per heavy atom. The van der Waals surface area contributed by atoms with E-state index in [0.717, 1.165) is 29.7 Å². The zero-order chi connectivity index (χ0) is 30.8. The van der Waals surface area contributed by atoms with Crippen LogP contribution < -0.4 is 14.4 Å². The van der Waals surface area contributed by atoms with Crippen molar-refractivity contribution in [2.45, 2.75) is 55.3 Å². The summed E-state index contributed by atoms with van der Waals surface area (Å²) in [5.41, 5.74) is 3.04. The van der Waals surface area contributed by atoms with Gasteiger partial charge in [-0.15, -0.1) is 10.2 Å². The summed E-state index contributed by atoms with van der Waals surface area (Å²) in [5, 5.41) is 21.2. The second-order valence-electron chi connectivity index (χ2n) is 10.7. The van der Waals surface area contributed by atoms with Crippen molar-refractivity contribution in [3.05, 3.63) is 99.6 Å². The van der Waals surface area contributed by atoms with E-state index in [0.29, 0.717) is 45.0 Å². The number of nitrogens with zero attached hydrogens (tertiary/aromatic N) is 3. The van der Waals surface area contributed by atoms with Crippen LogP contribution in [0.3, 0.4) is 0 Å². The summed E-state index contributed by atoms with van der Waals surface area (Å²) in [6, 6.07) is 19.2. The number of hydrogen-bond donors (Lipinski definition) is 1. The standard InChI is InChI=1S/C33H30ClN3O5S2/c1-3-4-14-41-25-7-5-6-21(17-25)28-27(29(38)22-10-13-26-23(16-22)15-19(2)42-26)30(39)31(40)37(28)32-35-36-33(44-32)43-18-20-8-11-24(34)12-9-20/h5-13,16-17,19,28,38H,3-4,14-15,18H2,1-2H3/b29-27+/t19-,28-/m0/s1. The molecule has 1 amide bonds. The summed E-state index contributed by atoms with van der Waals surface area (Å²) >= 11 is 8.70. The molecule has 44 heavy (non-hydrogen) atoms. The minimum atomic E-state index is -0.935. The summed E-state index contributed by atoms with van der Waals surface area (Å²) < 4.78 is 12.4. The summed E-state index contributed by atoms with van der Waals surface area (Å²) in [6.45, 7) is 4.61. The Kier molecular flexibility index (Phi) is 8.93. The van der Waals surface area contributed by atoms with Gasteiger partial charge in [-0.2, -0.15) is 0 Å². The fourth-order valence-corrected chi connectivity index (χ4v) is 7.21. The molecule has 3 heterocycles. The maximum Gasteiger partial charge on any atom is 0.301 e. The van der Waals surface area contributed by atoms with Gasteiger partial charge in [0.05, 0.1) is 18.2 Å². The normalized spacial score (nSPS) is 18.8. The van der Waals surface area contributed by atoms with E-state index in [1.807, 2.05) is 61.5 Å². The van der Waals surface area contributed by atoms with Crippen molar-refractivity contribution in [3.63, 3.8) is 0 Å². The molecule has 0 spiro atoms. The van der Waals surface area contributed by atoms with Gasteiger partial charge in [0.15, 0.2) is 4.34 Å². The number of aromatic nitrogens is 2. The molecule has 0 radical (unpaired) electrons. The largest absolute Gasteiger partial charge is 0.507 e. The second kappa shape index (κ2) is 13.0. The van der Waals surface area contributed by atoms with Gasteiger partial charge < -0.3 is 14.6 Å². The Balaban J connectivity index is 1.38. The van der Waals surface area contributed by atoms with Crippen LogP contribution in [0.15, 0.2) is 76.6 Å². The molecule has 11 heteroatoms. The third-order valence-electron chi connectivity index (χ3n) is 7.43. The molecule has 0 unspecified atom stereocenters. The SMILES string of the molecule is CCCCOc1cccc([C@H]2/C(=C(\O)c3ccc4c(c3)C[C@H](C)O4)C(=O)C(=O)N2c2nnc(SCc3ccc(Cl)cc3)s2)c1. The van der Waals surface area contributed by atoms with Crippen LogP contribution in [0.4, 0.5) is 5.13 Å². The first kappa shape index (κ1) is 30.2. The van der Waals surface area contributed by atoms with Crippen molar-refractivity contribution in [2.75, 3.05) is 11.5 Å². The predicted octanol–water partition coefficient (Wildman–Crippen LogP) is 7.61. The van der Waals surface area contributed by atoms with Gasteiger partial charge in [0, 0.05) is 22.8 Å². The second-order valence-corrected chi connectivity index (χ2v) is 13.3. The van der Waals surface area contributed by atoms with Crippen LogP contribution in [0.1, 0.15) is 55.0 Å². The number of ether oxygens (including phenoxy) is 2. The Hall–Kier alpha value is -3.86. The molecular weight excluding hydrogens is 618 g/mol. The highest BCUT2D eigenvalue weighted by Gasteiger charge is 2.48. The van der Waals surface area contributed by atoms with Crippen molar-refractivity contribution in [1.82, 2.24) is 10.2 Å². The van der Waals surface area contributed by atoms with Crippen molar-refractivity contribution in [3.8, 4) is 11.5 Å². The van der Waals surface area contributed by atoms with E-state index in [1.165, 1.54) is 28.0 Å². The van der Waals surface area contributed by atoms with Crippen molar-refractivity contribution < 1.29 is 24.2 Å². The number of halogens is 1. The molecule has 2 aliphatic rings. The molecule has 0 bridgehead atoms. The lowest BCUT2D eigenvalue weighted by Gasteiger charge is -2.23. The molecule has 6 rings (SSSR count). The number of anilines is 1. The molecular formula is C33H30ClN3O5S2. The number of benzene rings is 3. The first-order valence-corrected chi connectivity index (χ1v) is 16.5. The van der Waals surface area contributed by atoms with Crippen LogP contribution in [0.2, 0.25) is 5.02 Å². The number of fused-ring (bicyclic) bond motifs is 1. The highest BCUT2D eigenvalue weighted by atomic mass is 35.5. The Bertz CT molecular complexity index is 1740. The van der Waals surface area contributed by atoms with Crippen LogP contribution in [0.5, 0.6) is 11.5 Å². The lowest BCUT2D eigenvalue weighted by atomic mass is 9.94. The Labute approximate surface area is 268 Å². The van der Waals surface area contributed by atoms with Crippen molar-refractivity contribution in [1.29, 1.82) is 0 Å². The molecule has 1 saturated heterocycles. The van der Waals surface area contributed by atoms with Gasteiger partial charge in [-0.1, -0.05) is 72.3 Å². The van der Waals surface area contributed by atoms with E-state index in [1.54, 1.807) is 12.1 Å². The minimum absolute atomic E-state index is 0.0156. The number of carbonyl (C=O) groups excluding carboxylic acids is 2. The number of hydrogen-bond acceptors (Lipinski definition) is 9. The number of ketones is 1. The van der Waals surface area contributed by atoms with Gasteiger partial charge in [0.2, 0.25) is 5.13 Å². The molecule has 0 aliphatic carbocycles. The van der Waals surface area contributed by atoms with E-state index < -0.39 is 17.7 Å². The molecule has 8 nitrogen and oxygen atoms in total. The number of amides is 1. The van der Waals surface area contributed by atoms with Gasteiger partial charge in [-0.25, -0.2) is 0 Å². The number of carbonyl (C=O) groups is 2. The lowest BCUT2D eigenvalue weighted by Crippen LogP contribution is -2.29. The zero-order valence-corrected chi connectivity index (χ0v) is 26.5. The number of thioether (sulfide) groups is 1. The molecule has 1 fully saturated rings. The van der Waals surface area contributed by atoms with Crippen molar-refractivity contribution >= 4 is 57.3 Å². The monoisotopic (exact) mass is 647 g/mol. The van der Waals surface area contributed by atoms with Crippen molar-refractivity contribution in [2.24, 2.45) is 0 Å². The topological polar surface area (TPSA) is 102 Å². The number of Topliss-reactive ketones (excluding diaryl/α,β-unsaturated/α-hetero) is 1. The fraction of sp³-hybridized carbons (Fsp3) is 0.273. The van der Waals surface area contributed by atoms with Crippen LogP contribution >= 0.6 is 34.7 Å². The summed E-state index contributed by atoms with van der Waals surface area (Å²) in [6.07, 6.45) is 2.59. The third kappa shape index (κ3) is 6.20. The molecule has 3 aromatic carbocycles. The quantitative estimate of drug-likeness (QED) is 0.0469. The maximum atomic E-state index is 13.7. The number of unbranched alkanes of at least 4 members (excludes halogenated alkanes) is 1. The lowest BCUT2D eigenvalue weighted by molar-refractivity contribution is -0.132. The van der Waals surface area contributed by atoms with Crippen LogP contribution in [-0.2, 0) is 21.8 Å². The van der Waals surface area contributed by atoms with Gasteiger partial charge in [0.1, 0.15) is 23.4 Å². The summed E-state index contributed by atoms with van der Waals surface area (Å²) in [7, 11) is 0. The molecule has 226 valence electrons. The van der Waals surface area contributed by atoms with E-state index >= 15 is 0 Å². The molecule has 4 aromatic rings. The third-order valence-corrected chi connectivity index (χ3v) is 9.81. The summed E-state index contributed by atoms with van der Waals surface area (Å²) in [5.74, 6) is 0.170. The molecule has 1 N–H and O–H groups in total. The zero-order valence-electron chi connectivity index (χ0n) is 24.2. The average Bonchev–Trinajstić information content (AvgIpc) is 3.71. The van der Waals surface area contributed by atoms with Gasteiger partial charge in [0.25, 0.3) is 5.78 Å². The highest BCUT2D eigenvalue weighted by Crippen LogP contribution is 2.45. The van der Waals surface area contributed by atoms with Gasteiger partial charge >= 0.3 is 5.91 Å². The Morgan fingerprint density at radius 1 is 1.14 bits per heavy atom. The van der Waals surface area contributed by atoms with E-state index in [2.05, 4.69) is 17.1 Å². The number of rotatable bonds is 10. The average molecular weight is 648 g/mol. The van der Waals surface area contributed by atoms with E-state index in [-0.39, 0.29) is 22.6 Å². The molecule has 2 aliphatic heterocycles. The number of aliphatic hydroxyl groups is 1. The smallest absolute Gasteiger partial charge is 0.301 e. The maximum absolute atomic E-state index is 13.7. The van der Waals surface area contributed by atoms with Gasteiger partial charge in [-0.05, 0) is 72.5 Å². The van der Waals surface area contributed by atoms with Crippen LogP contribution in [0.25, 0.3) is 5.76 Å². The fourth-order valence-electron chi connectivity index (χ4n) is 5.26. The first-order valence-electron chi connectivity index (χ1n) is 14.4. The number of aliphatic hydroxyl groups excluding tert-OH is 1. The Morgan fingerprint density at radius 3 is 2.75 bits per heavy atom. The highest BCUT2D eigenvalue weighted by molar-refractivity contribution is 8.00. The van der Waals surface area contributed by atoms with E-state index in [4.69, 9.17) is 21.1 Å². The predicted molar refractivity (Wildman–Crippen MR) is 173 cm³/mol. The van der Waals surface area contributed by atoms with Crippen LogP contribution in [0, 0.1) is 0 Å². The molecule has 2 atom stereocenters. The summed E-state index contributed by atoms with van der Waals surface area (Å²) in [4.78, 5) is 28.7. The molecule has 0 saturated carbocycles.